The highest BCUT2D eigenvalue weighted by Crippen LogP contribution is 2.41. The molecule has 2 amide bonds. The number of amides is 2. The van der Waals surface area contributed by atoms with Gasteiger partial charge in [0.2, 0.25) is 11.8 Å². The minimum Gasteiger partial charge on any atom is -0.394 e. The largest absolute Gasteiger partial charge is 0.394 e. The molecule has 0 radical (unpaired) electrons. The summed E-state index contributed by atoms with van der Waals surface area (Å²) in [5, 5.41) is 13.1. The molecule has 0 unspecified atom stereocenters. The van der Waals surface area contributed by atoms with Crippen LogP contribution in [-0.4, -0.2) is 52.0 Å². The molecule has 2 heterocycles. The number of nitrogens with one attached hydrogen (secondary N) is 1. The zero-order valence-electron chi connectivity index (χ0n) is 16.4. The van der Waals surface area contributed by atoms with Crippen LogP contribution in [0.5, 0.6) is 0 Å². The van der Waals surface area contributed by atoms with Gasteiger partial charge in [-0.3, -0.25) is 14.6 Å². The molecule has 1 aromatic heterocycles. The third-order valence-electron chi connectivity index (χ3n) is 6.24. The molecule has 0 spiro atoms. The minimum absolute atomic E-state index is 0.000684. The average molecular weight is 393 g/mol. The van der Waals surface area contributed by atoms with E-state index >= 15 is 0 Å². The van der Waals surface area contributed by atoms with Crippen LogP contribution in [0.3, 0.4) is 0 Å². The first-order chi connectivity index (χ1) is 14.2. The predicted molar refractivity (Wildman–Crippen MR) is 109 cm³/mol. The number of hydrogen-bond acceptors (Lipinski definition) is 4. The summed E-state index contributed by atoms with van der Waals surface area (Å²) in [5.74, 6) is 0.140. The van der Waals surface area contributed by atoms with Crippen molar-refractivity contribution in [3.05, 3.63) is 66.0 Å². The van der Waals surface area contributed by atoms with Gasteiger partial charge in [0.15, 0.2) is 0 Å². The van der Waals surface area contributed by atoms with Crippen LogP contribution in [0.4, 0.5) is 0 Å². The topological polar surface area (TPSA) is 82.5 Å². The first kappa shape index (κ1) is 19.6. The van der Waals surface area contributed by atoms with Crippen molar-refractivity contribution < 1.29 is 14.7 Å². The van der Waals surface area contributed by atoms with E-state index in [9.17, 15) is 14.7 Å². The highest BCUT2D eigenvalue weighted by molar-refractivity contribution is 5.82. The zero-order chi connectivity index (χ0) is 20.2. The SMILES string of the molecule is O=C(NC[C@H]1[C@@H](c2ccccc2)[C@H](CO)N1C(=O)Cc1cccnc1)C1CCC1. The van der Waals surface area contributed by atoms with E-state index in [0.29, 0.717) is 6.54 Å². The number of benzene rings is 1. The Balaban J connectivity index is 1.52. The number of carbonyl (C=O) groups is 2. The second kappa shape index (κ2) is 8.74. The van der Waals surface area contributed by atoms with Gasteiger partial charge >= 0.3 is 0 Å². The molecule has 4 rings (SSSR count). The van der Waals surface area contributed by atoms with Crippen LogP contribution in [0.1, 0.15) is 36.3 Å². The molecule has 2 N–H and O–H groups in total. The fourth-order valence-corrected chi connectivity index (χ4v) is 4.45. The van der Waals surface area contributed by atoms with Gasteiger partial charge in [0.1, 0.15) is 0 Å². The maximum atomic E-state index is 13.1. The quantitative estimate of drug-likeness (QED) is 0.753. The Morgan fingerprint density at radius 2 is 1.90 bits per heavy atom. The first-order valence-corrected chi connectivity index (χ1v) is 10.3. The smallest absolute Gasteiger partial charge is 0.227 e. The van der Waals surface area contributed by atoms with Gasteiger partial charge in [-0.25, -0.2) is 0 Å². The molecule has 1 aromatic carbocycles. The van der Waals surface area contributed by atoms with Gasteiger partial charge in [-0.1, -0.05) is 42.8 Å². The second-order valence-corrected chi connectivity index (χ2v) is 7.97. The molecule has 1 saturated carbocycles. The molecule has 2 fully saturated rings. The third kappa shape index (κ3) is 4.03. The normalized spacial score (nSPS) is 23.8. The van der Waals surface area contributed by atoms with Crippen molar-refractivity contribution in [2.45, 2.75) is 43.7 Å². The van der Waals surface area contributed by atoms with Crippen molar-refractivity contribution in [2.75, 3.05) is 13.2 Å². The summed E-state index contributed by atoms with van der Waals surface area (Å²) >= 11 is 0. The molecular formula is C23H27N3O3. The van der Waals surface area contributed by atoms with Gasteiger partial charge in [-0.05, 0) is 30.0 Å². The van der Waals surface area contributed by atoms with Gasteiger partial charge in [0.25, 0.3) is 0 Å². The van der Waals surface area contributed by atoms with E-state index in [1.54, 1.807) is 17.3 Å². The van der Waals surface area contributed by atoms with Gasteiger partial charge in [-0.2, -0.15) is 0 Å². The Morgan fingerprint density at radius 3 is 2.52 bits per heavy atom. The van der Waals surface area contributed by atoms with Crippen molar-refractivity contribution >= 4 is 11.8 Å². The lowest BCUT2D eigenvalue weighted by Crippen LogP contribution is -2.69. The number of likely N-dealkylation sites (tertiary alicyclic amines) is 1. The Morgan fingerprint density at radius 1 is 1.10 bits per heavy atom. The van der Waals surface area contributed by atoms with Crippen LogP contribution >= 0.6 is 0 Å². The lowest BCUT2D eigenvalue weighted by Gasteiger charge is -2.55. The van der Waals surface area contributed by atoms with Crippen LogP contribution in [0.2, 0.25) is 0 Å². The molecule has 6 nitrogen and oxygen atoms in total. The molecule has 1 saturated heterocycles. The Kier molecular flexibility index (Phi) is 5.90. The summed E-state index contributed by atoms with van der Waals surface area (Å²) in [4.78, 5) is 31.3. The lowest BCUT2D eigenvalue weighted by atomic mass is 9.74. The third-order valence-corrected chi connectivity index (χ3v) is 6.24. The molecule has 29 heavy (non-hydrogen) atoms. The summed E-state index contributed by atoms with van der Waals surface area (Å²) in [6.07, 6.45) is 6.60. The van der Waals surface area contributed by atoms with Gasteiger partial charge in [-0.15, -0.1) is 0 Å². The molecule has 3 atom stereocenters. The Hall–Kier alpha value is -2.73. The van der Waals surface area contributed by atoms with Crippen LogP contribution in [0.15, 0.2) is 54.9 Å². The molecule has 2 aromatic rings. The number of carbonyl (C=O) groups excluding carboxylic acids is 2. The maximum Gasteiger partial charge on any atom is 0.227 e. The zero-order valence-corrected chi connectivity index (χ0v) is 16.4. The van der Waals surface area contributed by atoms with Crippen LogP contribution in [0, 0.1) is 5.92 Å². The average Bonchev–Trinajstić information content (AvgIpc) is 2.67. The van der Waals surface area contributed by atoms with E-state index in [2.05, 4.69) is 10.3 Å². The monoisotopic (exact) mass is 393 g/mol. The number of rotatable bonds is 7. The number of aliphatic hydroxyl groups is 1. The van der Waals surface area contributed by atoms with Crippen molar-refractivity contribution in [3.8, 4) is 0 Å². The van der Waals surface area contributed by atoms with Gasteiger partial charge < -0.3 is 15.3 Å². The van der Waals surface area contributed by atoms with Crippen molar-refractivity contribution in [2.24, 2.45) is 5.92 Å². The molecule has 2 aliphatic rings. The van der Waals surface area contributed by atoms with E-state index in [1.165, 1.54) is 0 Å². The highest BCUT2D eigenvalue weighted by atomic mass is 16.3. The van der Waals surface area contributed by atoms with Gasteiger partial charge in [0.05, 0.1) is 25.1 Å². The minimum atomic E-state index is -0.285. The van der Waals surface area contributed by atoms with E-state index in [4.69, 9.17) is 0 Å². The van der Waals surface area contributed by atoms with Crippen LogP contribution in [0.25, 0.3) is 0 Å². The molecule has 1 aliphatic carbocycles. The van der Waals surface area contributed by atoms with E-state index in [1.807, 2.05) is 42.5 Å². The molecule has 1 aliphatic heterocycles. The van der Waals surface area contributed by atoms with Crippen molar-refractivity contribution in [3.63, 3.8) is 0 Å². The first-order valence-electron chi connectivity index (χ1n) is 10.3. The van der Waals surface area contributed by atoms with Crippen molar-refractivity contribution in [1.29, 1.82) is 0 Å². The van der Waals surface area contributed by atoms with E-state index in [0.717, 1.165) is 30.4 Å². The number of hydrogen-bond donors (Lipinski definition) is 2. The molecular weight excluding hydrogens is 366 g/mol. The summed E-state index contributed by atoms with van der Waals surface area (Å²) < 4.78 is 0. The fourth-order valence-electron chi connectivity index (χ4n) is 4.45. The fraction of sp³-hybridized carbons (Fsp3) is 0.435. The Bertz CT molecular complexity index is 839. The molecule has 152 valence electrons. The predicted octanol–water partition coefficient (Wildman–Crippen LogP) is 1.90. The van der Waals surface area contributed by atoms with E-state index in [-0.39, 0.29) is 48.8 Å². The number of aromatic nitrogens is 1. The second-order valence-electron chi connectivity index (χ2n) is 7.97. The molecule has 0 bridgehead atoms. The highest BCUT2D eigenvalue weighted by Gasteiger charge is 2.50. The number of pyridine rings is 1. The maximum absolute atomic E-state index is 13.1. The van der Waals surface area contributed by atoms with Crippen LogP contribution < -0.4 is 5.32 Å². The Labute approximate surface area is 171 Å². The van der Waals surface area contributed by atoms with Crippen molar-refractivity contribution in [1.82, 2.24) is 15.2 Å². The summed E-state index contributed by atoms with van der Waals surface area (Å²) in [5.41, 5.74) is 1.93. The lowest BCUT2D eigenvalue weighted by molar-refractivity contribution is -0.150. The summed E-state index contributed by atoms with van der Waals surface area (Å²) in [6, 6.07) is 13.2. The molecule has 6 heteroatoms. The summed E-state index contributed by atoms with van der Waals surface area (Å²) in [6.45, 7) is 0.301. The standard InChI is InChI=1S/C23H27N3O3/c27-15-20-22(17-7-2-1-3-8-17)19(14-25-23(29)18-9-4-10-18)26(20)21(28)12-16-6-5-11-24-13-16/h1-3,5-8,11,13,18-20,22,27H,4,9-10,12,14-15H2,(H,25,29)/t19-,20-,22+/m0/s1. The van der Waals surface area contributed by atoms with Crippen LogP contribution in [-0.2, 0) is 16.0 Å². The van der Waals surface area contributed by atoms with Gasteiger partial charge in [0, 0.05) is 30.8 Å². The number of nitrogens with zero attached hydrogens (tertiary/aromatic N) is 2. The van der Waals surface area contributed by atoms with E-state index < -0.39 is 0 Å². The number of aliphatic hydroxyl groups excluding tert-OH is 1. The summed E-state index contributed by atoms with van der Waals surface area (Å²) in [7, 11) is 0.